The molecular weight excluding hydrogens is 283 g/mol. The Morgan fingerprint density at radius 2 is 1.89 bits per heavy atom. The first kappa shape index (κ1) is 15.8. The summed E-state index contributed by atoms with van der Waals surface area (Å²) < 4.78 is 38.7. The smallest absolute Gasteiger partial charge is 0.350 e. The molecule has 0 fully saturated rings. The summed E-state index contributed by atoms with van der Waals surface area (Å²) in [6.45, 7) is 6.40. The number of halogens is 4. The number of carbonyl (C=O) groups excluding carboxylic acids is 1. The molecular formula is C11H15ClF3N3O. The molecule has 0 saturated carbocycles. The second-order valence-corrected chi connectivity index (χ2v) is 5.58. The van der Waals surface area contributed by atoms with Crippen molar-refractivity contribution in [2.75, 3.05) is 0 Å². The third-order valence-corrected chi connectivity index (χ3v) is 2.66. The molecule has 1 amide bonds. The lowest BCUT2D eigenvalue weighted by molar-refractivity contribution is -0.141. The van der Waals surface area contributed by atoms with Crippen LogP contribution < -0.4 is 5.32 Å². The van der Waals surface area contributed by atoms with E-state index in [9.17, 15) is 18.0 Å². The monoisotopic (exact) mass is 297 g/mol. The molecule has 0 spiro atoms. The molecule has 0 aliphatic heterocycles. The van der Waals surface area contributed by atoms with Gasteiger partial charge in [0.25, 0.3) is 0 Å². The van der Waals surface area contributed by atoms with Gasteiger partial charge in [0.1, 0.15) is 6.54 Å². The summed E-state index contributed by atoms with van der Waals surface area (Å²) in [5, 5.41) is 5.51. The first-order valence-electron chi connectivity index (χ1n) is 5.53. The van der Waals surface area contributed by atoms with Crippen LogP contribution in [0.2, 0.25) is 5.02 Å². The van der Waals surface area contributed by atoms with Gasteiger partial charge in [-0.3, -0.25) is 9.48 Å². The summed E-state index contributed by atoms with van der Waals surface area (Å²) in [5.41, 5.74) is -1.53. The summed E-state index contributed by atoms with van der Waals surface area (Å²) in [7, 11) is 0. The zero-order chi connectivity index (χ0) is 15.0. The highest BCUT2D eigenvalue weighted by atomic mass is 35.5. The Morgan fingerprint density at radius 3 is 2.26 bits per heavy atom. The maximum atomic E-state index is 12.6. The predicted octanol–water partition coefficient (Wildman–Crippen LogP) is 2.78. The van der Waals surface area contributed by atoms with Gasteiger partial charge < -0.3 is 5.32 Å². The molecule has 0 radical (unpaired) electrons. The summed E-state index contributed by atoms with van der Waals surface area (Å²) in [6.07, 6.45) is -4.63. The quantitative estimate of drug-likeness (QED) is 0.912. The molecule has 1 aromatic rings. The minimum atomic E-state index is -4.63. The van der Waals surface area contributed by atoms with E-state index in [1.165, 1.54) is 6.92 Å². The number of amides is 1. The minimum absolute atomic E-state index is 0.109. The standard InChI is InChI=1S/C11H15ClF3N3O/c1-6-8(12)9(11(13,14)15)17-18(6)5-7(19)16-10(2,3)4/h5H2,1-4H3,(H,16,19). The van der Waals surface area contributed by atoms with E-state index in [2.05, 4.69) is 10.4 Å². The zero-order valence-corrected chi connectivity index (χ0v) is 11.8. The topological polar surface area (TPSA) is 46.9 Å². The molecule has 0 saturated heterocycles. The van der Waals surface area contributed by atoms with Crippen LogP contribution in [0.5, 0.6) is 0 Å². The largest absolute Gasteiger partial charge is 0.436 e. The molecule has 0 aliphatic rings. The van der Waals surface area contributed by atoms with Crippen LogP contribution in [-0.4, -0.2) is 21.2 Å². The van der Waals surface area contributed by atoms with Crippen molar-refractivity contribution in [2.24, 2.45) is 0 Å². The van der Waals surface area contributed by atoms with Gasteiger partial charge in [-0.25, -0.2) is 0 Å². The van der Waals surface area contributed by atoms with Crippen molar-refractivity contribution < 1.29 is 18.0 Å². The van der Waals surface area contributed by atoms with Crippen molar-refractivity contribution in [2.45, 2.75) is 46.0 Å². The van der Waals surface area contributed by atoms with Crippen molar-refractivity contribution in [3.63, 3.8) is 0 Å². The van der Waals surface area contributed by atoms with Crippen molar-refractivity contribution in [3.05, 3.63) is 16.4 Å². The average molecular weight is 298 g/mol. The fraction of sp³-hybridized carbons (Fsp3) is 0.636. The third-order valence-electron chi connectivity index (χ3n) is 2.21. The van der Waals surface area contributed by atoms with E-state index in [1.54, 1.807) is 20.8 Å². The highest BCUT2D eigenvalue weighted by Crippen LogP contribution is 2.35. The van der Waals surface area contributed by atoms with Crippen LogP contribution in [0.4, 0.5) is 13.2 Å². The van der Waals surface area contributed by atoms with Crippen LogP contribution in [0.25, 0.3) is 0 Å². The Balaban J connectivity index is 2.95. The van der Waals surface area contributed by atoms with Gasteiger partial charge in [0.15, 0.2) is 5.69 Å². The molecule has 0 aromatic carbocycles. The van der Waals surface area contributed by atoms with E-state index in [0.29, 0.717) is 0 Å². The lowest BCUT2D eigenvalue weighted by atomic mass is 10.1. The summed E-state index contributed by atoms with van der Waals surface area (Å²) in [6, 6.07) is 0. The van der Waals surface area contributed by atoms with E-state index in [0.717, 1.165) is 4.68 Å². The van der Waals surface area contributed by atoms with Gasteiger partial charge in [-0.05, 0) is 27.7 Å². The van der Waals surface area contributed by atoms with E-state index < -0.39 is 28.3 Å². The SMILES string of the molecule is Cc1c(Cl)c(C(F)(F)F)nn1CC(=O)NC(C)(C)C. The lowest BCUT2D eigenvalue weighted by Gasteiger charge is -2.20. The molecule has 4 nitrogen and oxygen atoms in total. The van der Waals surface area contributed by atoms with Crippen molar-refractivity contribution in [1.82, 2.24) is 15.1 Å². The number of aromatic nitrogens is 2. The molecule has 1 N–H and O–H groups in total. The fourth-order valence-electron chi connectivity index (χ4n) is 1.45. The normalized spacial score (nSPS) is 12.6. The van der Waals surface area contributed by atoms with E-state index in [4.69, 9.17) is 11.6 Å². The van der Waals surface area contributed by atoms with Crippen LogP contribution >= 0.6 is 11.6 Å². The van der Waals surface area contributed by atoms with Gasteiger partial charge in [-0.2, -0.15) is 18.3 Å². The fourth-order valence-corrected chi connectivity index (χ4v) is 1.70. The van der Waals surface area contributed by atoms with Gasteiger partial charge >= 0.3 is 6.18 Å². The van der Waals surface area contributed by atoms with Crippen LogP contribution in [-0.2, 0) is 17.5 Å². The van der Waals surface area contributed by atoms with Crippen molar-refractivity contribution in [3.8, 4) is 0 Å². The van der Waals surface area contributed by atoms with Gasteiger partial charge in [-0.15, -0.1) is 0 Å². The molecule has 0 unspecified atom stereocenters. The Labute approximate surface area is 113 Å². The van der Waals surface area contributed by atoms with Crippen molar-refractivity contribution >= 4 is 17.5 Å². The summed E-state index contributed by atoms with van der Waals surface area (Å²) in [4.78, 5) is 11.7. The Bertz CT molecular complexity index is 489. The molecule has 1 aromatic heterocycles. The molecule has 0 atom stereocenters. The molecule has 0 aliphatic carbocycles. The molecule has 1 heterocycles. The number of hydrogen-bond donors (Lipinski definition) is 1. The number of nitrogens with zero attached hydrogens (tertiary/aromatic N) is 2. The van der Waals surface area contributed by atoms with Crippen molar-refractivity contribution in [1.29, 1.82) is 0 Å². The highest BCUT2D eigenvalue weighted by Gasteiger charge is 2.38. The van der Waals surface area contributed by atoms with E-state index in [1.807, 2.05) is 0 Å². The molecule has 0 bridgehead atoms. The molecule has 19 heavy (non-hydrogen) atoms. The van der Waals surface area contributed by atoms with Gasteiger partial charge in [-0.1, -0.05) is 11.6 Å². The van der Waals surface area contributed by atoms with Gasteiger partial charge in [0.2, 0.25) is 5.91 Å². The van der Waals surface area contributed by atoms with Crippen LogP contribution in [0, 0.1) is 6.92 Å². The van der Waals surface area contributed by atoms with Gasteiger partial charge in [0, 0.05) is 5.54 Å². The van der Waals surface area contributed by atoms with Crippen LogP contribution in [0.1, 0.15) is 32.2 Å². The minimum Gasteiger partial charge on any atom is -0.350 e. The Hall–Kier alpha value is -1.24. The maximum absolute atomic E-state index is 12.6. The van der Waals surface area contributed by atoms with E-state index in [-0.39, 0.29) is 12.2 Å². The molecule has 8 heteroatoms. The number of rotatable bonds is 2. The summed E-state index contributed by atoms with van der Waals surface area (Å²) >= 11 is 5.58. The Morgan fingerprint density at radius 1 is 1.37 bits per heavy atom. The number of alkyl halides is 3. The number of nitrogens with one attached hydrogen (secondary N) is 1. The zero-order valence-electron chi connectivity index (χ0n) is 11.0. The Kier molecular flexibility index (Phi) is 4.19. The number of hydrogen-bond acceptors (Lipinski definition) is 2. The van der Waals surface area contributed by atoms with Crippen LogP contribution in [0.15, 0.2) is 0 Å². The second kappa shape index (κ2) is 5.03. The van der Waals surface area contributed by atoms with E-state index >= 15 is 0 Å². The van der Waals surface area contributed by atoms with Crippen LogP contribution in [0.3, 0.4) is 0 Å². The molecule has 108 valence electrons. The second-order valence-electron chi connectivity index (χ2n) is 5.20. The average Bonchev–Trinajstić information content (AvgIpc) is 2.42. The number of carbonyl (C=O) groups is 1. The maximum Gasteiger partial charge on any atom is 0.436 e. The molecule has 1 rings (SSSR count). The highest BCUT2D eigenvalue weighted by molar-refractivity contribution is 6.32. The lowest BCUT2D eigenvalue weighted by Crippen LogP contribution is -2.42. The first-order chi connectivity index (χ1) is 8.42. The predicted molar refractivity (Wildman–Crippen MR) is 64.9 cm³/mol. The first-order valence-corrected chi connectivity index (χ1v) is 5.91. The third kappa shape index (κ3) is 4.12. The summed E-state index contributed by atoms with van der Waals surface area (Å²) in [5.74, 6) is -0.427. The van der Waals surface area contributed by atoms with Gasteiger partial charge in [0.05, 0.1) is 10.7 Å².